The minimum Gasteiger partial charge on any atom is -0.369 e. The molecule has 1 saturated heterocycles. The number of hydrogen-bond donors (Lipinski definition) is 1. The molecule has 4 aromatic rings. The Kier molecular flexibility index (Phi) is 6.46. The molecule has 1 N–H and O–H groups in total. The van der Waals surface area contributed by atoms with Crippen molar-refractivity contribution in [2.45, 2.75) is 51.1 Å². The topological polar surface area (TPSA) is 82.9 Å². The number of anilines is 1. The summed E-state index contributed by atoms with van der Waals surface area (Å²) in [5.41, 5.74) is 3.63. The molecule has 2 aromatic heterocycles. The first kappa shape index (κ1) is 23.8. The molecular formula is C28H32FN7O. The van der Waals surface area contributed by atoms with Gasteiger partial charge in [0, 0.05) is 42.9 Å². The summed E-state index contributed by atoms with van der Waals surface area (Å²) in [6, 6.07) is 14.8. The Morgan fingerprint density at radius 1 is 1.03 bits per heavy atom. The second kappa shape index (κ2) is 10.0. The van der Waals surface area contributed by atoms with Crippen LogP contribution in [0.5, 0.6) is 0 Å². The van der Waals surface area contributed by atoms with Gasteiger partial charge in [-0.05, 0) is 83.1 Å². The van der Waals surface area contributed by atoms with Gasteiger partial charge in [0.2, 0.25) is 0 Å². The van der Waals surface area contributed by atoms with Crippen molar-refractivity contribution in [3.8, 4) is 0 Å². The van der Waals surface area contributed by atoms with Gasteiger partial charge in [0.1, 0.15) is 11.9 Å². The number of nitrogens with one attached hydrogen (secondary N) is 1. The third kappa shape index (κ3) is 4.64. The molecule has 37 heavy (non-hydrogen) atoms. The lowest BCUT2D eigenvalue weighted by Crippen LogP contribution is -2.49. The Balaban J connectivity index is 1.39. The average molecular weight is 502 g/mol. The van der Waals surface area contributed by atoms with Gasteiger partial charge in [-0.1, -0.05) is 25.8 Å². The summed E-state index contributed by atoms with van der Waals surface area (Å²) < 4.78 is 15.4. The van der Waals surface area contributed by atoms with E-state index < -0.39 is 0 Å². The molecular weight excluding hydrogens is 469 g/mol. The van der Waals surface area contributed by atoms with E-state index in [0.29, 0.717) is 5.56 Å². The number of rotatable bonds is 6. The fourth-order valence-corrected chi connectivity index (χ4v) is 5.87. The molecule has 6 rings (SSSR count). The van der Waals surface area contributed by atoms with E-state index in [1.807, 2.05) is 28.9 Å². The summed E-state index contributed by atoms with van der Waals surface area (Å²) in [5.74, 6) is 0.501. The van der Waals surface area contributed by atoms with E-state index in [0.717, 1.165) is 67.9 Å². The maximum Gasteiger partial charge on any atom is 0.253 e. The summed E-state index contributed by atoms with van der Waals surface area (Å²) in [4.78, 5) is 21.2. The first-order valence-corrected chi connectivity index (χ1v) is 13.3. The van der Waals surface area contributed by atoms with Crippen molar-refractivity contribution in [1.29, 1.82) is 0 Å². The highest BCUT2D eigenvalue weighted by atomic mass is 19.1. The molecule has 8 nitrogen and oxygen atoms in total. The maximum atomic E-state index is 13.5. The first-order valence-electron chi connectivity index (χ1n) is 13.3. The Bertz CT molecular complexity index is 1430. The van der Waals surface area contributed by atoms with E-state index in [1.54, 1.807) is 0 Å². The third-order valence-electron chi connectivity index (χ3n) is 7.94. The number of aromatic nitrogens is 5. The molecule has 1 aliphatic heterocycles. The number of H-pyrrole nitrogens is 1. The van der Waals surface area contributed by atoms with Crippen LogP contribution in [0, 0.1) is 5.82 Å². The molecule has 1 aliphatic carbocycles. The average Bonchev–Trinajstić information content (AvgIpc) is 3.62. The minimum atomic E-state index is -0.357. The van der Waals surface area contributed by atoms with Crippen LogP contribution in [0.2, 0.25) is 0 Å². The number of aromatic amines is 1. The Morgan fingerprint density at radius 2 is 1.78 bits per heavy atom. The predicted molar refractivity (Wildman–Crippen MR) is 141 cm³/mol. The largest absolute Gasteiger partial charge is 0.369 e. The van der Waals surface area contributed by atoms with E-state index in [1.165, 1.54) is 30.5 Å². The number of pyridine rings is 1. The Labute approximate surface area is 215 Å². The molecule has 0 spiro atoms. The van der Waals surface area contributed by atoms with Gasteiger partial charge in [-0.3, -0.25) is 9.69 Å². The molecule has 0 bridgehead atoms. The monoisotopic (exact) mass is 501 g/mol. The lowest BCUT2D eigenvalue weighted by atomic mass is 10.0. The second-order valence-corrected chi connectivity index (χ2v) is 10.2. The first-order chi connectivity index (χ1) is 18.1. The highest BCUT2D eigenvalue weighted by molar-refractivity contribution is 5.80. The smallest absolute Gasteiger partial charge is 0.253 e. The summed E-state index contributed by atoms with van der Waals surface area (Å²) in [7, 11) is 0. The van der Waals surface area contributed by atoms with Crippen molar-refractivity contribution in [3.63, 3.8) is 0 Å². The summed E-state index contributed by atoms with van der Waals surface area (Å²) >= 11 is 0. The van der Waals surface area contributed by atoms with Crippen molar-refractivity contribution >= 4 is 16.6 Å². The van der Waals surface area contributed by atoms with Gasteiger partial charge in [0.25, 0.3) is 5.56 Å². The van der Waals surface area contributed by atoms with Crippen LogP contribution >= 0.6 is 0 Å². The van der Waals surface area contributed by atoms with E-state index in [-0.39, 0.29) is 23.5 Å². The van der Waals surface area contributed by atoms with Crippen molar-refractivity contribution in [2.75, 3.05) is 31.1 Å². The van der Waals surface area contributed by atoms with Gasteiger partial charge in [-0.15, -0.1) is 5.10 Å². The second-order valence-electron chi connectivity index (χ2n) is 10.2. The molecule has 2 aliphatic rings. The number of benzene rings is 2. The van der Waals surface area contributed by atoms with Crippen LogP contribution in [-0.2, 0) is 6.42 Å². The molecule has 2 fully saturated rings. The SMILES string of the molecule is CCc1ccc2[nH]c(=O)c([C@@H](c3nnnn3C3CCCC3)N3CCN(c4ccc(F)cc4)CC3)cc2c1. The number of aryl methyl sites for hydroxylation is 1. The van der Waals surface area contributed by atoms with Crippen molar-refractivity contribution in [2.24, 2.45) is 0 Å². The van der Waals surface area contributed by atoms with E-state index in [4.69, 9.17) is 0 Å². The van der Waals surface area contributed by atoms with Crippen molar-refractivity contribution in [1.82, 2.24) is 30.1 Å². The fraction of sp³-hybridized carbons (Fsp3) is 0.429. The van der Waals surface area contributed by atoms with Crippen LogP contribution in [0.25, 0.3) is 10.9 Å². The highest BCUT2D eigenvalue weighted by Crippen LogP contribution is 2.34. The zero-order valence-electron chi connectivity index (χ0n) is 21.1. The van der Waals surface area contributed by atoms with E-state index in [9.17, 15) is 9.18 Å². The molecule has 3 heterocycles. The third-order valence-corrected chi connectivity index (χ3v) is 7.94. The molecule has 0 radical (unpaired) electrons. The van der Waals surface area contributed by atoms with Crippen LogP contribution in [0.15, 0.2) is 53.3 Å². The van der Waals surface area contributed by atoms with Gasteiger partial charge in [-0.2, -0.15) is 0 Å². The van der Waals surface area contributed by atoms with Crippen LogP contribution in [-0.4, -0.2) is 56.3 Å². The zero-order chi connectivity index (χ0) is 25.4. The molecule has 0 amide bonds. The van der Waals surface area contributed by atoms with Crippen LogP contribution in [0.3, 0.4) is 0 Å². The van der Waals surface area contributed by atoms with Gasteiger partial charge in [-0.25, -0.2) is 9.07 Å². The molecule has 1 saturated carbocycles. The number of tetrazole rings is 1. The Morgan fingerprint density at radius 3 is 2.51 bits per heavy atom. The van der Waals surface area contributed by atoms with Crippen molar-refractivity contribution in [3.05, 3.63) is 81.7 Å². The molecule has 2 aromatic carbocycles. The summed E-state index contributed by atoms with van der Waals surface area (Å²) in [5, 5.41) is 14.0. The highest BCUT2D eigenvalue weighted by Gasteiger charge is 2.34. The predicted octanol–water partition coefficient (Wildman–Crippen LogP) is 4.24. The maximum absolute atomic E-state index is 13.5. The molecule has 192 valence electrons. The zero-order valence-corrected chi connectivity index (χ0v) is 21.1. The summed E-state index contributed by atoms with van der Waals surface area (Å²) in [6.45, 7) is 5.11. The lowest BCUT2D eigenvalue weighted by Gasteiger charge is -2.39. The number of piperazine rings is 1. The number of fused-ring (bicyclic) bond motifs is 1. The molecule has 9 heteroatoms. The minimum absolute atomic E-state index is 0.108. The van der Waals surface area contributed by atoms with Gasteiger partial charge in [0.05, 0.1) is 6.04 Å². The normalized spacial score (nSPS) is 18.1. The quantitative estimate of drug-likeness (QED) is 0.426. The van der Waals surface area contributed by atoms with Gasteiger partial charge in [0.15, 0.2) is 5.82 Å². The number of nitrogens with zero attached hydrogens (tertiary/aromatic N) is 6. The Hall–Kier alpha value is -3.59. The lowest BCUT2D eigenvalue weighted by molar-refractivity contribution is 0.197. The molecule has 0 unspecified atom stereocenters. The van der Waals surface area contributed by atoms with Crippen LogP contribution < -0.4 is 10.5 Å². The molecule has 1 atom stereocenters. The van der Waals surface area contributed by atoms with Crippen LogP contribution in [0.4, 0.5) is 10.1 Å². The van der Waals surface area contributed by atoms with E-state index >= 15 is 0 Å². The van der Waals surface area contributed by atoms with Gasteiger partial charge >= 0.3 is 0 Å². The fourth-order valence-electron chi connectivity index (χ4n) is 5.87. The van der Waals surface area contributed by atoms with Crippen molar-refractivity contribution < 1.29 is 4.39 Å². The van der Waals surface area contributed by atoms with E-state index in [2.05, 4.69) is 49.4 Å². The standard InChI is InChI=1S/C28H32FN7O/c1-2-19-7-12-25-20(17-19)18-24(28(37)30-25)26(27-31-32-33-36(27)23-5-3-4-6-23)35-15-13-34(14-16-35)22-10-8-21(29)9-11-22/h7-12,17-18,23,26H,2-6,13-16H2,1H3,(H,30,37)/t26-/m0/s1. The summed E-state index contributed by atoms with van der Waals surface area (Å²) in [6.07, 6.45) is 5.37. The number of halogens is 1. The van der Waals surface area contributed by atoms with Gasteiger partial charge < -0.3 is 9.88 Å². The number of hydrogen-bond acceptors (Lipinski definition) is 6. The van der Waals surface area contributed by atoms with Crippen LogP contribution in [0.1, 0.15) is 61.6 Å².